The minimum Gasteiger partial charge on any atom is -0.339 e. The van der Waals surface area contributed by atoms with E-state index in [0.29, 0.717) is 11.5 Å². The maximum atomic E-state index is 12.5. The highest BCUT2D eigenvalue weighted by molar-refractivity contribution is 5.93. The highest BCUT2D eigenvalue weighted by Crippen LogP contribution is 2.22. The van der Waals surface area contributed by atoms with E-state index in [1.165, 1.54) is 0 Å². The topological polar surface area (TPSA) is 81.7 Å². The Kier molecular flexibility index (Phi) is 4.70. The molecule has 1 amide bonds. The maximum absolute atomic E-state index is 12.5. The molecule has 0 aromatic carbocycles. The lowest BCUT2D eigenvalue weighted by atomic mass is 9.92. The van der Waals surface area contributed by atoms with Crippen LogP contribution in [0.15, 0.2) is 37.2 Å². The highest BCUT2D eigenvalue weighted by Gasteiger charge is 2.24. The summed E-state index contributed by atoms with van der Waals surface area (Å²) >= 11 is 0. The molecule has 1 aliphatic heterocycles. The van der Waals surface area contributed by atoms with Gasteiger partial charge in [-0.15, -0.1) is 0 Å². The Balaban J connectivity index is 1.33. The summed E-state index contributed by atoms with van der Waals surface area (Å²) in [6, 6.07) is 0. The average Bonchev–Trinajstić information content (AvgIpc) is 3.31. The third kappa shape index (κ3) is 3.74. The van der Waals surface area contributed by atoms with Crippen molar-refractivity contribution in [1.29, 1.82) is 0 Å². The number of amides is 1. The van der Waals surface area contributed by atoms with Crippen LogP contribution in [0.25, 0.3) is 11.5 Å². The Labute approximate surface area is 157 Å². The largest absolute Gasteiger partial charge is 0.339 e. The van der Waals surface area contributed by atoms with Crippen molar-refractivity contribution < 1.29 is 4.79 Å². The molecule has 140 valence electrons. The van der Waals surface area contributed by atoms with E-state index in [0.717, 1.165) is 49.6 Å². The number of aryl methyl sites for hydroxylation is 2. The zero-order valence-corrected chi connectivity index (χ0v) is 15.6. The number of nitrogens with zero attached hydrogens (tertiary/aromatic N) is 7. The van der Waals surface area contributed by atoms with Gasteiger partial charge in [0.25, 0.3) is 5.91 Å². The molecule has 0 aliphatic carbocycles. The lowest BCUT2D eigenvalue weighted by Gasteiger charge is -2.31. The van der Waals surface area contributed by atoms with Crippen molar-refractivity contribution in [2.24, 2.45) is 20.0 Å². The van der Waals surface area contributed by atoms with Crippen molar-refractivity contribution in [3.8, 4) is 11.5 Å². The Morgan fingerprint density at radius 3 is 2.52 bits per heavy atom. The number of hydrogen-bond donors (Lipinski definition) is 0. The number of aromatic nitrogens is 6. The molecule has 1 saturated heterocycles. The SMILES string of the molecule is Cn1cc(C(=O)N2CCC(Cc3cnc(-c4nccn4C)cn3)CC2)cn1. The molecule has 8 heteroatoms. The second kappa shape index (κ2) is 7.30. The standard InChI is InChI=1S/C19H23N7O/c1-24-8-5-20-18(24)17-12-21-16(11-22-17)9-14-3-6-26(7-4-14)19(27)15-10-23-25(2)13-15/h5,8,10-14H,3-4,6-7,9H2,1-2H3. The Bertz CT molecular complexity index is 920. The second-order valence-corrected chi connectivity index (χ2v) is 7.10. The maximum Gasteiger partial charge on any atom is 0.257 e. The fourth-order valence-electron chi connectivity index (χ4n) is 3.54. The first-order valence-corrected chi connectivity index (χ1v) is 9.16. The van der Waals surface area contributed by atoms with E-state index >= 15 is 0 Å². The van der Waals surface area contributed by atoms with Crippen molar-refractivity contribution in [3.05, 3.63) is 48.4 Å². The molecule has 0 unspecified atom stereocenters. The average molecular weight is 365 g/mol. The highest BCUT2D eigenvalue weighted by atomic mass is 16.2. The van der Waals surface area contributed by atoms with Crippen LogP contribution in [0, 0.1) is 5.92 Å². The third-order valence-corrected chi connectivity index (χ3v) is 5.11. The van der Waals surface area contributed by atoms with Crippen molar-refractivity contribution in [2.75, 3.05) is 13.1 Å². The molecular weight excluding hydrogens is 342 g/mol. The fourth-order valence-corrected chi connectivity index (χ4v) is 3.54. The predicted octanol–water partition coefficient (Wildman–Crippen LogP) is 1.71. The summed E-state index contributed by atoms with van der Waals surface area (Å²) in [7, 11) is 3.77. The van der Waals surface area contributed by atoms with Crippen LogP contribution in [0.1, 0.15) is 28.9 Å². The van der Waals surface area contributed by atoms with E-state index in [1.807, 2.05) is 36.0 Å². The number of imidazole rings is 1. The number of hydrogen-bond acceptors (Lipinski definition) is 5. The monoisotopic (exact) mass is 365 g/mol. The van der Waals surface area contributed by atoms with Crippen LogP contribution < -0.4 is 0 Å². The molecule has 4 heterocycles. The van der Waals surface area contributed by atoms with E-state index < -0.39 is 0 Å². The van der Waals surface area contributed by atoms with Gasteiger partial charge in [0.05, 0.1) is 23.7 Å². The molecule has 27 heavy (non-hydrogen) atoms. The molecule has 0 spiro atoms. The molecule has 4 rings (SSSR count). The number of likely N-dealkylation sites (tertiary alicyclic amines) is 1. The van der Waals surface area contributed by atoms with Gasteiger partial charge in [-0.25, -0.2) is 9.97 Å². The summed E-state index contributed by atoms with van der Waals surface area (Å²) in [5, 5.41) is 4.08. The Hall–Kier alpha value is -3.03. The molecule has 0 saturated carbocycles. The first-order chi connectivity index (χ1) is 13.1. The molecule has 3 aromatic heterocycles. The van der Waals surface area contributed by atoms with Gasteiger partial charge < -0.3 is 9.47 Å². The van der Waals surface area contributed by atoms with E-state index in [2.05, 4.69) is 20.1 Å². The smallest absolute Gasteiger partial charge is 0.257 e. The van der Waals surface area contributed by atoms with Crippen LogP contribution in [0.5, 0.6) is 0 Å². The Morgan fingerprint density at radius 2 is 1.93 bits per heavy atom. The van der Waals surface area contributed by atoms with Crippen molar-refractivity contribution >= 4 is 5.91 Å². The molecule has 8 nitrogen and oxygen atoms in total. The first kappa shape index (κ1) is 17.4. The lowest BCUT2D eigenvalue weighted by molar-refractivity contribution is 0.0690. The molecule has 0 atom stereocenters. The van der Waals surface area contributed by atoms with E-state index in [1.54, 1.807) is 29.5 Å². The fraction of sp³-hybridized carbons (Fsp3) is 0.421. The van der Waals surface area contributed by atoms with Gasteiger partial charge in [-0.2, -0.15) is 5.10 Å². The van der Waals surface area contributed by atoms with Crippen LogP contribution in [0.4, 0.5) is 0 Å². The summed E-state index contributed by atoms with van der Waals surface area (Å²) in [4.78, 5) is 27.8. The van der Waals surface area contributed by atoms with Gasteiger partial charge in [-0.3, -0.25) is 14.5 Å². The zero-order valence-electron chi connectivity index (χ0n) is 15.6. The van der Waals surface area contributed by atoms with Gasteiger partial charge in [0, 0.05) is 52.0 Å². The molecular formula is C19H23N7O. The van der Waals surface area contributed by atoms with Crippen LogP contribution in [-0.4, -0.2) is 53.2 Å². The van der Waals surface area contributed by atoms with Crippen molar-refractivity contribution in [1.82, 2.24) is 34.2 Å². The van der Waals surface area contributed by atoms with E-state index in [9.17, 15) is 4.79 Å². The molecule has 0 bridgehead atoms. The lowest BCUT2D eigenvalue weighted by Crippen LogP contribution is -2.38. The number of carbonyl (C=O) groups is 1. The van der Waals surface area contributed by atoms with Gasteiger partial charge in [-0.05, 0) is 25.2 Å². The third-order valence-electron chi connectivity index (χ3n) is 5.11. The van der Waals surface area contributed by atoms with Crippen LogP contribution in [0.3, 0.4) is 0 Å². The molecule has 1 fully saturated rings. The number of rotatable bonds is 4. The van der Waals surface area contributed by atoms with E-state index in [-0.39, 0.29) is 5.91 Å². The van der Waals surface area contributed by atoms with Gasteiger partial charge in [0.1, 0.15) is 5.69 Å². The van der Waals surface area contributed by atoms with Crippen molar-refractivity contribution in [3.63, 3.8) is 0 Å². The second-order valence-electron chi connectivity index (χ2n) is 7.10. The van der Waals surface area contributed by atoms with Gasteiger partial charge in [-0.1, -0.05) is 0 Å². The first-order valence-electron chi connectivity index (χ1n) is 9.16. The number of piperidine rings is 1. The molecule has 3 aromatic rings. The summed E-state index contributed by atoms with van der Waals surface area (Å²) in [6.07, 6.45) is 13.5. The summed E-state index contributed by atoms with van der Waals surface area (Å²) < 4.78 is 3.59. The minimum absolute atomic E-state index is 0.0702. The summed E-state index contributed by atoms with van der Waals surface area (Å²) in [5.74, 6) is 1.41. The molecule has 0 radical (unpaired) electrons. The predicted molar refractivity (Wildman–Crippen MR) is 99.8 cm³/mol. The van der Waals surface area contributed by atoms with Crippen LogP contribution in [-0.2, 0) is 20.5 Å². The minimum atomic E-state index is 0.0702. The van der Waals surface area contributed by atoms with Gasteiger partial charge >= 0.3 is 0 Å². The summed E-state index contributed by atoms with van der Waals surface area (Å²) in [5.41, 5.74) is 2.43. The molecule has 1 aliphatic rings. The zero-order chi connectivity index (χ0) is 18.8. The molecule has 0 N–H and O–H groups in total. The quantitative estimate of drug-likeness (QED) is 0.703. The van der Waals surface area contributed by atoms with E-state index in [4.69, 9.17) is 0 Å². The van der Waals surface area contributed by atoms with Gasteiger partial charge in [0.2, 0.25) is 0 Å². The Morgan fingerprint density at radius 1 is 1.11 bits per heavy atom. The van der Waals surface area contributed by atoms with Crippen LogP contribution >= 0.6 is 0 Å². The summed E-state index contributed by atoms with van der Waals surface area (Å²) in [6.45, 7) is 1.55. The normalized spacial score (nSPS) is 15.3. The van der Waals surface area contributed by atoms with Crippen LogP contribution in [0.2, 0.25) is 0 Å². The van der Waals surface area contributed by atoms with Crippen molar-refractivity contribution in [2.45, 2.75) is 19.3 Å². The van der Waals surface area contributed by atoms with Gasteiger partial charge in [0.15, 0.2) is 5.82 Å². The number of carbonyl (C=O) groups excluding carboxylic acids is 1.